The third-order valence-electron chi connectivity index (χ3n) is 3.20. The summed E-state index contributed by atoms with van der Waals surface area (Å²) in [6.07, 6.45) is 2.00. The second-order valence-electron chi connectivity index (χ2n) is 5.30. The molecule has 0 bridgehead atoms. The molecule has 2 heterocycles. The number of hydrazine groups is 1. The number of carbonyl (C=O) groups is 2. The van der Waals surface area contributed by atoms with E-state index in [1.54, 1.807) is 10.0 Å². The molecule has 0 N–H and O–H groups in total. The average Bonchev–Trinajstić information content (AvgIpc) is 2.37. The van der Waals surface area contributed by atoms with Crippen molar-refractivity contribution in [1.29, 1.82) is 0 Å². The summed E-state index contributed by atoms with van der Waals surface area (Å²) in [5, 5.41) is 3.29. The summed E-state index contributed by atoms with van der Waals surface area (Å²) in [4.78, 5) is 26.1. The molecule has 5 heteroatoms. The lowest BCUT2D eigenvalue weighted by Gasteiger charge is -2.36. The van der Waals surface area contributed by atoms with E-state index in [1.165, 1.54) is 0 Å². The predicted molar refractivity (Wildman–Crippen MR) is 63.9 cm³/mol. The van der Waals surface area contributed by atoms with Crippen LogP contribution in [-0.2, 0) is 9.59 Å². The fraction of sp³-hybridized carbons (Fsp3) is 0.833. The maximum Gasteiger partial charge on any atom is 0.255 e. The summed E-state index contributed by atoms with van der Waals surface area (Å²) in [5.41, 5.74) is 0. The van der Waals surface area contributed by atoms with Crippen LogP contribution < -0.4 is 0 Å². The van der Waals surface area contributed by atoms with E-state index in [1.807, 2.05) is 4.90 Å². The molecule has 2 amide bonds. The third-order valence-corrected chi connectivity index (χ3v) is 3.20. The van der Waals surface area contributed by atoms with Crippen LogP contribution in [0.2, 0.25) is 0 Å². The molecule has 0 atom stereocenters. The van der Waals surface area contributed by atoms with Gasteiger partial charge >= 0.3 is 0 Å². The Hall–Kier alpha value is -1.10. The molecule has 2 saturated heterocycles. The van der Waals surface area contributed by atoms with Gasteiger partial charge in [-0.25, -0.2) is 0 Å². The first-order chi connectivity index (χ1) is 8.08. The van der Waals surface area contributed by atoms with Gasteiger partial charge in [-0.15, -0.1) is 0 Å². The fourth-order valence-electron chi connectivity index (χ4n) is 2.53. The molecule has 2 rings (SSSR count). The van der Waals surface area contributed by atoms with Crippen LogP contribution in [0.15, 0.2) is 0 Å². The Morgan fingerprint density at radius 1 is 1.00 bits per heavy atom. The molecule has 0 aromatic rings. The zero-order valence-electron chi connectivity index (χ0n) is 10.7. The van der Waals surface area contributed by atoms with Crippen molar-refractivity contribution in [3.05, 3.63) is 0 Å². The summed E-state index contributed by atoms with van der Waals surface area (Å²) in [6.45, 7) is 7.15. The molecule has 2 aliphatic heterocycles. The molecule has 17 heavy (non-hydrogen) atoms. The molecule has 0 aliphatic carbocycles. The Morgan fingerprint density at radius 3 is 1.88 bits per heavy atom. The molecule has 0 spiro atoms. The lowest BCUT2D eigenvalue weighted by Crippen LogP contribution is -2.52. The van der Waals surface area contributed by atoms with Gasteiger partial charge in [0.05, 0.1) is 13.1 Å². The molecule has 0 aromatic carbocycles. The lowest BCUT2D eigenvalue weighted by atomic mass is 10.2. The van der Waals surface area contributed by atoms with E-state index < -0.39 is 0 Å². The number of carbonyl (C=O) groups excluding carboxylic acids is 2. The van der Waals surface area contributed by atoms with Crippen LogP contribution in [0, 0.1) is 5.92 Å². The first-order valence-corrected chi connectivity index (χ1v) is 6.41. The highest BCUT2D eigenvalue weighted by atomic mass is 16.2. The fourth-order valence-corrected chi connectivity index (χ4v) is 2.53. The average molecular weight is 239 g/mol. The molecule has 0 unspecified atom stereocenters. The highest BCUT2D eigenvalue weighted by Gasteiger charge is 2.34. The number of nitrogens with zero attached hydrogens (tertiary/aromatic N) is 3. The molecule has 0 radical (unpaired) electrons. The van der Waals surface area contributed by atoms with Crippen molar-refractivity contribution in [1.82, 2.24) is 14.9 Å². The maximum atomic E-state index is 12.1. The summed E-state index contributed by atoms with van der Waals surface area (Å²) < 4.78 is 0. The predicted octanol–water partition coefficient (Wildman–Crippen LogP) is 0.324. The maximum absolute atomic E-state index is 12.1. The van der Waals surface area contributed by atoms with Crippen molar-refractivity contribution in [2.75, 3.05) is 32.7 Å². The van der Waals surface area contributed by atoms with Gasteiger partial charge in [-0.2, -0.15) is 0 Å². The van der Waals surface area contributed by atoms with Crippen molar-refractivity contribution in [2.24, 2.45) is 5.92 Å². The molecule has 96 valence electrons. The molecular formula is C12H21N3O2. The highest BCUT2D eigenvalue weighted by molar-refractivity contribution is 5.87. The van der Waals surface area contributed by atoms with Gasteiger partial charge in [0.2, 0.25) is 0 Å². The van der Waals surface area contributed by atoms with E-state index in [4.69, 9.17) is 0 Å². The van der Waals surface area contributed by atoms with E-state index in [0.29, 0.717) is 32.1 Å². The van der Waals surface area contributed by atoms with Crippen LogP contribution in [0.1, 0.15) is 26.7 Å². The van der Waals surface area contributed by atoms with E-state index >= 15 is 0 Å². The molecule has 5 nitrogen and oxygen atoms in total. The Balaban J connectivity index is 2.10. The van der Waals surface area contributed by atoms with Crippen LogP contribution in [-0.4, -0.2) is 59.5 Å². The van der Waals surface area contributed by atoms with Crippen LogP contribution in [0.5, 0.6) is 0 Å². The molecule has 2 aliphatic rings. The summed E-state index contributed by atoms with van der Waals surface area (Å²) >= 11 is 0. The van der Waals surface area contributed by atoms with Gasteiger partial charge in [-0.1, -0.05) is 13.8 Å². The summed E-state index contributed by atoms with van der Waals surface area (Å²) in [5.74, 6) is 0.605. The van der Waals surface area contributed by atoms with Gasteiger partial charge in [0, 0.05) is 19.6 Å². The van der Waals surface area contributed by atoms with Gasteiger partial charge in [0.1, 0.15) is 0 Å². The summed E-state index contributed by atoms with van der Waals surface area (Å²) in [7, 11) is 0. The Morgan fingerprint density at radius 2 is 1.47 bits per heavy atom. The monoisotopic (exact) mass is 239 g/mol. The number of rotatable bonds is 2. The second-order valence-corrected chi connectivity index (χ2v) is 5.30. The normalized spacial score (nSPS) is 23.0. The van der Waals surface area contributed by atoms with Gasteiger partial charge in [-0.3, -0.25) is 24.5 Å². The number of fused-ring (bicyclic) bond motifs is 1. The second kappa shape index (κ2) is 5.04. The van der Waals surface area contributed by atoms with Crippen LogP contribution in [0.4, 0.5) is 0 Å². The smallest absolute Gasteiger partial charge is 0.255 e. The van der Waals surface area contributed by atoms with Gasteiger partial charge in [-0.05, 0) is 18.8 Å². The molecule has 0 aromatic heterocycles. The van der Waals surface area contributed by atoms with E-state index in [-0.39, 0.29) is 11.8 Å². The largest absolute Gasteiger partial charge is 0.285 e. The minimum Gasteiger partial charge on any atom is -0.285 e. The van der Waals surface area contributed by atoms with Gasteiger partial charge in [0.25, 0.3) is 11.8 Å². The van der Waals surface area contributed by atoms with Crippen LogP contribution in [0.25, 0.3) is 0 Å². The van der Waals surface area contributed by atoms with Crippen molar-refractivity contribution < 1.29 is 9.59 Å². The zero-order chi connectivity index (χ0) is 12.4. The number of amides is 2. The minimum absolute atomic E-state index is 0.0659. The Bertz CT molecular complexity index is 291. The van der Waals surface area contributed by atoms with E-state index in [9.17, 15) is 9.59 Å². The Labute approximate surface area is 102 Å². The first kappa shape index (κ1) is 12.4. The van der Waals surface area contributed by atoms with Crippen molar-refractivity contribution in [3.8, 4) is 0 Å². The zero-order valence-corrected chi connectivity index (χ0v) is 10.7. The molecule has 0 saturated carbocycles. The first-order valence-electron chi connectivity index (χ1n) is 6.41. The Kier molecular flexibility index (Phi) is 3.66. The van der Waals surface area contributed by atoms with Crippen molar-refractivity contribution in [2.45, 2.75) is 26.7 Å². The van der Waals surface area contributed by atoms with Crippen LogP contribution >= 0.6 is 0 Å². The SMILES string of the molecule is CC(C)CN1CC(=O)N2CCCCN2C(=O)C1. The van der Waals surface area contributed by atoms with Crippen molar-refractivity contribution in [3.63, 3.8) is 0 Å². The number of hydrogen-bond acceptors (Lipinski definition) is 3. The van der Waals surface area contributed by atoms with Crippen LogP contribution in [0.3, 0.4) is 0 Å². The third kappa shape index (κ3) is 2.77. The highest BCUT2D eigenvalue weighted by Crippen LogP contribution is 2.15. The molecular weight excluding hydrogens is 218 g/mol. The van der Waals surface area contributed by atoms with Crippen molar-refractivity contribution >= 4 is 11.8 Å². The summed E-state index contributed by atoms with van der Waals surface area (Å²) in [6, 6.07) is 0. The lowest BCUT2D eigenvalue weighted by molar-refractivity contribution is -0.163. The van der Waals surface area contributed by atoms with Gasteiger partial charge in [0.15, 0.2) is 0 Å². The van der Waals surface area contributed by atoms with E-state index in [2.05, 4.69) is 13.8 Å². The van der Waals surface area contributed by atoms with E-state index in [0.717, 1.165) is 19.4 Å². The topological polar surface area (TPSA) is 43.9 Å². The number of hydrogen-bond donors (Lipinski definition) is 0. The van der Waals surface area contributed by atoms with Gasteiger partial charge < -0.3 is 0 Å². The minimum atomic E-state index is 0.0659. The quantitative estimate of drug-likeness (QED) is 0.697. The standard InChI is InChI=1S/C12H21N3O2/c1-10(2)7-13-8-11(16)14-5-3-4-6-15(14)12(17)9-13/h10H,3-9H2,1-2H3. The molecule has 2 fully saturated rings.